The van der Waals surface area contributed by atoms with Crippen molar-refractivity contribution >= 4 is 8.32 Å². The molecule has 0 bridgehead atoms. The summed E-state index contributed by atoms with van der Waals surface area (Å²) in [5.41, 5.74) is 0. The first-order chi connectivity index (χ1) is 2.00. The predicted octanol–water partition coefficient (Wildman–Crippen LogP) is 1.45. The monoisotopic (exact) mass is 106 g/mol. The van der Waals surface area contributed by atoms with E-state index in [-0.39, 0.29) is 7.43 Å². The quantitative estimate of drug-likeness (QED) is 0.463. The van der Waals surface area contributed by atoms with E-state index in [1.165, 1.54) is 0 Å². The van der Waals surface area contributed by atoms with Gasteiger partial charge in [-0.1, -0.05) is 7.43 Å². The molecule has 0 fully saturated rings. The predicted molar refractivity (Wildman–Crippen MR) is 32.3 cm³/mol. The molecule has 0 heterocycles. The van der Waals surface area contributed by atoms with Crippen LogP contribution in [0.5, 0.6) is 0 Å². The highest BCUT2D eigenvalue weighted by molar-refractivity contribution is 6.68. The van der Waals surface area contributed by atoms with Crippen LogP contribution in [0.25, 0.3) is 0 Å². The van der Waals surface area contributed by atoms with Crippen molar-refractivity contribution in [3.8, 4) is 0 Å². The molecule has 0 aliphatic carbocycles. The minimum Gasteiger partial charge on any atom is -0.433 e. The van der Waals surface area contributed by atoms with Crippen molar-refractivity contribution in [1.82, 2.24) is 0 Å². The first-order valence-corrected chi connectivity index (χ1v) is 5.17. The molecular weight excluding hydrogens is 92.1 g/mol. The second-order valence-electron chi connectivity index (χ2n) is 2.17. The molecule has 0 saturated heterocycles. The van der Waals surface area contributed by atoms with Crippen LogP contribution in [-0.4, -0.2) is 13.1 Å². The van der Waals surface area contributed by atoms with Gasteiger partial charge >= 0.3 is 0 Å². The minimum atomic E-state index is -1.61. The fourth-order valence-electron chi connectivity index (χ4n) is 0. The van der Waals surface area contributed by atoms with E-state index in [1.807, 2.05) is 19.6 Å². The largest absolute Gasteiger partial charge is 0.433 e. The fourth-order valence-corrected chi connectivity index (χ4v) is 0. The molecule has 2 heteroatoms. The van der Waals surface area contributed by atoms with Gasteiger partial charge in [-0.15, -0.1) is 0 Å². The average molecular weight is 106 g/mol. The van der Waals surface area contributed by atoms with Crippen LogP contribution in [-0.2, 0) is 0 Å². The van der Waals surface area contributed by atoms with Gasteiger partial charge in [0.05, 0.1) is 0 Å². The molecule has 1 nitrogen and oxygen atoms in total. The molecule has 6 heavy (non-hydrogen) atoms. The van der Waals surface area contributed by atoms with Gasteiger partial charge in [-0.3, -0.25) is 0 Å². The molecular formula is C4H14OSi. The van der Waals surface area contributed by atoms with Gasteiger partial charge in [-0.2, -0.15) is 0 Å². The Hall–Kier alpha value is 0.177. The Morgan fingerprint density at radius 2 is 1.17 bits per heavy atom. The number of hydrogen-bond acceptors (Lipinski definition) is 1. The summed E-state index contributed by atoms with van der Waals surface area (Å²) in [7, 11) is -1.61. The summed E-state index contributed by atoms with van der Waals surface area (Å²) in [6.45, 7) is 5.65. The van der Waals surface area contributed by atoms with Crippen LogP contribution in [0.2, 0.25) is 19.6 Å². The van der Waals surface area contributed by atoms with Crippen molar-refractivity contribution in [3.05, 3.63) is 0 Å². The van der Waals surface area contributed by atoms with E-state index in [2.05, 4.69) is 0 Å². The van der Waals surface area contributed by atoms with E-state index in [1.54, 1.807) is 0 Å². The molecule has 0 atom stereocenters. The highest BCUT2D eigenvalue weighted by atomic mass is 28.4. The van der Waals surface area contributed by atoms with Crippen molar-refractivity contribution in [1.29, 1.82) is 0 Å². The smallest absolute Gasteiger partial charge is 0.179 e. The van der Waals surface area contributed by atoms with Gasteiger partial charge in [0.2, 0.25) is 0 Å². The van der Waals surface area contributed by atoms with E-state index < -0.39 is 8.32 Å². The number of rotatable bonds is 0. The lowest BCUT2D eigenvalue weighted by atomic mass is 11.8. The van der Waals surface area contributed by atoms with Gasteiger partial charge in [-0.25, -0.2) is 0 Å². The Kier molecular flexibility index (Phi) is 3.74. The Morgan fingerprint density at radius 3 is 1.17 bits per heavy atom. The Bertz CT molecular complexity index is 23.0. The van der Waals surface area contributed by atoms with Crippen molar-refractivity contribution in [2.24, 2.45) is 0 Å². The second-order valence-corrected chi connectivity index (χ2v) is 6.51. The van der Waals surface area contributed by atoms with E-state index in [9.17, 15) is 0 Å². The zero-order valence-electron chi connectivity index (χ0n) is 3.95. The van der Waals surface area contributed by atoms with Gasteiger partial charge in [0.25, 0.3) is 0 Å². The van der Waals surface area contributed by atoms with Crippen LogP contribution in [0.4, 0.5) is 0 Å². The first-order valence-electron chi connectivity index (χ1n) is 1.72. The molecule has 0 unspecified atom stereocenters. The highest BCUT2D eigenvalue weighted by Gasteiger charge is 2.03. The third-order valence-electron chi connectivity index (χ3n) is 0. The summed E-state index contributed by atoms with van der Waals surface area (Å²) >= 11 is 0. The second kappa shape index (κ2) is 2.37. The molecule has 0 aromatic rings. The molecule has 0 saturated carbocycles. The van der Waals surface area contributed by atoms with E-state index >= 15 is 0 Å². The molecule has 0 aliphatic heterocycles. The maximum absolute atomic E-state index is 8.66. The molecule has 0 radical (unpaired) electrons. The molecule has 40 valence electrons. The van der Waals surface area contributed by atoms with Crippen molar-refractivity contribution in [3.63, 3.8) is 0 Å². The lowest BCUT2D eigenvalue weighted by Gasteiger charge is -2.00. The van der Waals surface area contributed by atoms with Crippen LogP contribution in [0, 0.1) is 0 Å². The van der Waals surface area contributed by atoms with Crippen molar-refractivity contribution in [2.45, 2.75) is 27.1 Å². The van der Waals surface area contributed by atoms with E-state index in [0.717, 1.165) is 0 Å². The van der Waals surface area contributed by atoms with Gasteiger partial charge in [-0.05, 0) is 19.6 Å². The van der Waals surface area contributed by atoms with Crippen LogP contribution >= 0.6 is 0 Å². The SMILES string of the molecule is C.C[Si](C)(C)O. The zero-order chi connectivity index (χ0) is 4.50. The normalized spacial score (nSPS) is 10.0. The summed E-state index contributed by atoms with van der Waals surface area (Å²) in [4.78, 5) is 8.66. The molecule has 1 N–H and O–H groups in total. The Labute approximate surface area is 41.1 Å². The lowest BCUT2D eigenvalue weighted by molar-refractivity contribution is 0.561. The molecule has 0 spiro atoms. The van der Waals surface area contributed by atoms with Gasteiger partial charge in [0, 0.05) is 0 Å². The molecule has 0 aliphatic rings. The van der Waals surface area contributed by atoms with E-state index in [4.69, 9.17) is 4.80 Å². The van der Waals surface area contributed by atoms with Crippen LogP contribution < -0.4 is 0 Å². The van der Waals surface area contributed by atoms with Crippen molar-refractivity contribution < 1.29 is 4.80 Å². The van der Waals surface area contributed by atoms with Gasteiger partial charge < -0.3 is 4.80 Å². The van der Waals surface area contributed by atoms with Crippen LogP contribution in [0.15, 0.2) is 0 Å². The summed E-state index contributed by atoms with van der Waals surface area (Å²) in [6, 6.07) is 0. The maximum Gasteiger partial charge on any atom is 0.179 e. The first kappa shape index (κ1) is 9.49. The molecule has 0 rings (SSSR count). The molecule has 0 aromatic heterocycles. The summed E-state index contributed by atoms with van der Waals surface area (Å²) in [6.07, 6.45) is 0. The third kappa shape index (κ3) is 1350. The summed E-state index contributed by atoms with van der Waals surface area (Å²) < 4.78 is 0. The Balaban J connectivity index is 0. The standard InChI is InChI=1S/C3H10OSi.CH4/c1-5(2,3)4;/h4H,1-3H3;1H4. The lowest BCUT2D eigenvalue weighted by Crippen LogP contribution is -2.17. The summed E-state index contributed by atoms with van der Waals surface area (Å²) in [5, 5.41) is 0. The van der Waals surface area contributed by atoms with Crippen LogP contribution in [0.1, 0.15) is 7.43 Å². The van der Waals surface area contributed by atoms with E-state index in [0.29, 0.717) is 0 Å². The topological polar surface area (TPSA) is 20.2 Å². The van der Waals surface area contributed by atoms with Gasteiger partial charge in [0.15, 0.2) is 8.32 Å². The van der Waals surface area contributed by atoms with Gasteiger partial charge in [0.1, 0.15) is 0 Å². The molecule has 0 aromatic carbocycles. The average Bonchev–Trinajstić information content (AvgIpc) is 0.722. The third-order valence-corrected chi connectivity index (χ3v) is 0. The molecule has 0 amide bonds. The van der Waals surface area contributed by atoms with Crippen LogP contribution in [0.3, 0.4) is 0 Å². The minimum absolute atomic E-state index is 0. The van der Waals surface area contributed by atoms with Crippen molar-refractivity contribution in [2.75, 3.05) is 0 Å². The fraction of sp³-hybridized carbons (Fsp3) is 1.00. The summed E-state index contributed by atoms with van der Waals surface area (Å²) in [5.74, 6) is 0. The maximum atomic E-state index is 8.66. The zero-order valence-corrected chi connectivity index (χ0v) is 4.95. The highest BCUT2D eigenvalue weighted by Crippen LogP contribution is 1.88. The number of hydrogen-bond donors (Lipinski definition) is 1. The Morgan fingerprint density at radius 1 is 1.17 bits per heavy atom.